The highest BCUT2D eigenvalue weighted by Crippen LogP contribution is 2.33. The lowest BCUT2D eigenvalue weighted by molar-refractivity contribution is -0.271. The van der Waals surface area contributed by atoms with Crippen molar-refractivity contribution < 1.29 is 82.8 Å². The molecule has 2 saturated heterocycles. The number of carbonyl (C=O) groups excluding carboxylic acids is 6. The Hall–Kier alpha value is -5.99. The number of likely N-dealkylation sites (N-methyl/N-ethyl adjacent to an activating group) is 2. The minimum absolute atomic E-state index is 0.0190. The average molecular weight is 1130 g/mol. The van der Waals surface area contributed by atoms with Gasteiger partial charge in [0.05, 0.1) is 54.5 Å². The van der Waals surface area contributed by atoms with Gasteiger partial charge in [0.15, 0.2) is 6.10 Å². The van der Waals surface area contributed by atoms with Crippen molar-refractivity contribution in [1.82, 2.24) is 25.3 Å². The van der Waals surface area contributed by atoms with Gasteiger partial charge in [-0.1, -0.05) is 91.3 Å². The van der Waals surface area contributed by atoms with Crippen LogP contribution in [0.4, 0.5) is 10.5 Å². The van der Waals surface area contributed by atoms with E-state index in [0.717, 1.165) is 4.90 Å². The molecule has 24 nitrogen and oxygen atoms in total. The third-order valence-corrected chi connectivity index (χ3v) is 15.2. The first-order valence-corrected chi connectivity index (χ1v) is 27.3. The zero-order valence-electron chi connectivity index (χ0n) is 48.1. The van der Waals surface area contributed by atoms with E-state index in [4.69, 9.17) is 29.4 Å². The summed E-state index contributed by atoms with van der Waals surface area (Å²) < 4.78 is 28.6. The summed E-state index contributed by atoms with van der Waals surface area (Å²) in [6, 6.07) is 9.20. The van der Waals surface area contributed by atoms with E-state index in [0.29, 0.717) is 36.9 Å². The summed E-state index contributed by atoms with van der Waals surface area (Å²) in [5, 5.41) is 59.8. The number of carbonyl (C=O) groups is 7. The van der Waals surface area contributed by atoms with Crippen LogP contribution in [0.1, 0.15) is 105 Å². The van der Waals surface area contributed by atoms with E-state index in [-0.39, 0.29) is 48.6 Å². The van der Waals surface area contributed by atoms with Crippen LogP contribution in [-0.2, 0) is 54.3 Å². The molecule has 80 heavy (non-hydrogen) atoms. The fourth-order valence-electron chi connectivity index (χ4n) is 10.4. The molecule has 0 spiro atoms. The Morgan fingerprint density at radius 1 is 0.850 bits per heavy atom. The summed E-state index contributed by atoms with van der Waals surface area (Å²) >= 11 is 0. The van der Waals surface area contributed by atoms with Gasteiger partial charge in [0.25, 0.3) is 0 Å². The highest BCUT2D eigenvalue weighted by Gasteiger charge is 2.49. The van der Waals surface area contributed by atoms with Crippen LogP contribution in [-0.4, -0.2) is 196 Å². The molecule has 2 fully saturated rings. The van der Waals surface area contributed by atoms with E-state index in [9.17, 15) is 59.1 Å². The van der Waals surface area contributed by atoms with Crippen LogP contribution in [0.5, 0.6) is 5.75 Å². The van der Waals surface area contributed by atoms with E-state index >= 15 is 0 Å². The Balaban J connectivity index is 1.47. The molecule has 2 aliphatic rings. The summed E-state index contributed by atoms with van der Waals surface area (Å²) in [7, 11) is 5.97. The fraction of sp³-hybridized carbons (Fsp3) is 0.661. The number of hydrogen-bond acceptors (Lipinski definition) is 17. The summed E-state index contributed by atoms with van der Waals surface area (Å²) in [6.45, 7) is 14.4. The molecule has 2 aromatic carbocycles. The monoisotopic (exact) mass is 1130 g/mol. The lowest BCUT2D eigenvalue weighted by atomic mass is 9.89. The van der Waals surface area contributed by atoms with Crippen molar-refractivity contribution in [3.8, 4) is 5.75 Å². The van der Waals surface area contributed by atoms with E-state index in [1.807, 2.05) is 32.0 Å². The van der Waals surface area contributed by atoms with Crippen molar-refractivity contribution in [2.45, 2.75) is 173 Å². The molecule has 0 radical (unpaired) electrons. The largest absolute Gasteiger partial charge is 0.479 e. The number of carboxylic acid groups (broad SMARTS) is 1. The number of methoxy groups -OCH3 is 2. The molecule has 0 bridgehead atoms. The molecule has 0 aliphatic carbocycles. The van der Waals surface area contributed by atoms with Crippen LogP contribution in [0.25, 0.3) is 0 Å². The molecule has 448 valence electrons. The van der Waals surface area contributed by atoms with Crippen molar-refractivity contribution in [3.63, 3.8) is 0 Å². The summed E-state index contributed by atoms with van der Waals surface area (Å²) in [5.74, 6) is -5.83. The number of carboxylic acids is 1. The first-order valence-electron chi connectivity index (χ1n) is 27.3. The molecule has 4 rings (SSSR count). The Labute approximate surface area is 468 Å². The van der Waals surface area contributed by atoms with Gasteiger partial charge >= 0.3 is 12.1 Å². The third kappa shape index (κ3) is 16.8. The number of aliphatic hydroxyl groups is 4. The zero-order valence-corrected chi connectivity index (χ0v) is 48.1. The minimum atomic E-state index is -1.97. The highest BCUT2D eigenvalue weighted by molar-refractivity contribution is 5.93. The van der Waals surface area contributed by atoms with Gasteiger partial charge in [-0.05, 0) is 60.8 Å². The molecule has 2 heterocycles. The molecular weight excluding hydrogens is 1040 g/mol. The number of aliphatic hydroxyl groups excluding tert-OH is 4. The number of benzene rings is 2. The van der Waals surface area contributed by atoms with E-state index in [1.165, 1.54) is 44.4 Å². The number of aliphatic carboxylic acids is 1. The minimum Gasteiger partial charge on any atom is -0.479 e. The number of rotatable bonds is 28. The molecule has 2 aliphatic heterocycles. The topological polar surface area (TPSA) is 339 Å². The predicted octanol–water partition coefficient (Wildman–Crippen LogP) is 2.14. The number of ether oxygens (including phenoxy) is 5. The average Bonchev–Trinajstić information content (AvgIpc) is 3.91. The molecule has 15 atom stereocenters. The second kappa shape index (κ2) is 30.7. The van der Waals surface area contributed by atoms with Crippen molar-refractivity contribution in [3.05, 3.63) is 59.7 Å². The maximum absolute atomic E-state index is 14.7. The lowest BCUT2D eigenvalue weighted by Gasteiger charge is -2.41. The van der Waals surface area contributed by atoms with E-state index in [2.05, 4.69) is 16.0 Å². The van der Waals surface area contributed by atoms with Gasteiger partial charge in [0.2, 0.25) is 35.8 Å². The summed E-state index contributed by atoms with van der Waals surface area (Å²) in [6.07, 6.45) is -11.3. The van der Waals surface area contributed by atoms with Gasteiger partial charge in [-0.15, -0.1) is 0 Å². The first-order chi connectivity index (χ1) is 37.7. The number of anilines is 1. The molecule has 13 unspecified atom stereocenters. The van der Waals surface area contributed by atoms with Gasteiger partial charge in [-0.3, -0.25) is 28.9 Å². The van der Waals surface area contributed by atoms with Crippen LogP contribution in [0.3, 0.4) is 0 Å². The Morgan fingerprint density at radius 2 is 1.51 bits per heavy atom. The fourth-order valence-corrected chi connectivity index (χ4v) is 10.4. The molecule has 0 saturated carbocycles. The summed E-state index contributed by atoms with van der Waals surface area (Å²) in [5.41, 5.74) is 6.50. The lowest BCUT2D eigenvalue weighted by Crippen LogP contribution is -2.61. The van der Waals surface area contributed by atoms with Crippen molar-refractivity contribution in [1.29, 1.82) is 0 Å². The smallest absolute Gasteiger partial charge is 0.410 e. The standard InChI is InChI=1S/C56H87N7O17/c1-13-31(6)44(39(76-11)27-41(65)63-25-17-20-37(63)49(77-12)32(7)51(70)58-33(8)45(66)35-18-15-14-16-19-35)61(9)53(72)42(29(2)3)60-52(71)43(30(4)5)62(10)56(75)78-28-34-21-22-38(36(26-34)59-40(64)23-24-57)79-55-48(69)46(67)47(68)50(80-55)54(73)74/h14-16,18-19,21-22,26,29-33,37,39,42-50,55,66-69H,13,17,20,23-25,27-28,57H2,1-12H3,(H,58,70)(H,59,64)(H,60,71)(H,73,74)/t31?,32?,33?,37?,39?,42?,43?,44?,45?,46-,47?,48-,49?,50?,55?/m0/s1. The van der Waals surface area contributed by atoms with Crippen LogP contribution in [0.15, 0.2) is 48.5 Å². The molecule has 10 N–H and O–H groups in total. The number of nitrogens with zero attached hydrogens (tertiary/aromatic N) is 3. The molecule has 0 aromatic heterocycles. The molecule has 6 amide bonds. The third-order valence-electron chi connectivity index (χ3n) is 15.2. The number of nitrogens with two attached hydrogens (primary N) is 1. The number of hydrogen-bond donors (Lipinski definition) is 9. The van der Waals surface area contributed by atoms with Gasteiger partial charge in [0.1, 0.15) is 42.8 Å². The van der Waals surface area contributed by atoms with E-state index in [1.54, 1.807) is 65.6 Å². The molecule has 24 heteroatoms. The predicted molar refractivity (Wildman–Crippen MR) is 292 cm³/mol. The second-order valence-electron chi connectivity index (χ2n) is 21.6. The quantitative estimate of drug-likeness (QED) is 0.0589. The number of likely N-dealkylation sites (tertiary alicyclic amines) is 1. The maximum Gasteiger partial charge on any atom is 0.410 e. The molecule has 2 aromatic rings. The van der Waals surface area contributed by atoms with Crippen molar-refractivity contribution in [2.24, 2.45) is 29.4 Å². The second-order valence-corrected chi connectivity index (χ2v) is 21.6. The highest BCUT2D eigenvalue weighted by atomic mass is 16.7. The zero-order chi connectivity index (χ0) is 59.9. The summed E-state index contributed by atoms with van der Waals surface area (Å²) in [4.78, 5) is 99.7. The van der Waals surface area contributed by atoms with Gasteiger partial charge < -0.3 is 80.7 Å². The Morgan fingerprint density at radius 3 is 2.09 bits per heavy atom. The SMILES string of the molecule is CCC(C)C(C(CC(=O)N1CCCC1C(OC)C(C)C(=O)NC(C)C(O)c1ccccc1)OC)N(C)C(=O)C(NC(=O)C(C(C)C)N(C)C(=O)OCc1ccc(OC2OC(C(=O)O)C(O)[C@H](O)[C@@H]2O)c(NC(=O)CCN)c1)C(C)C. The van der Waals surface area contributed by atoms with Crippen LogP contribution in [0.2, 0.25) is 0 Å². The Bertz CT molecular complexity index is 2380. The number of amides is 6. The van der Waals surface area contributed by atoms with Gasteiger partial charge in [-0.2, -0.15) is 0 Å². The van der Waals surface area contributed by atoms with Crippen LogP contribution in [0, 0.1) is 23.7 Å². The first kappa shape index (κ1) is 66.5. The van der Waals surface area contributed by atoms with Gasteiger partial charge in [-0.25, -0.2) is 9.59 Å². The van der Waals surface area contributed by atoms with E-state index < -0.39 is 133 Å². The Kier molecular flexibility index (Phi) is 25.5. The normalized spacial score (nSPS) is 22.6. The van der Waals surface area contributed by atoms with Crippen molar-refractivity contribution >= 4 is 47.3 Å². The van der Waals surface area contributed by atoms with Crippen LogP contribution < -0.4 is 26.4 Å². The van der Waals surface area contributed by atoms with Gasteiger partial charge in [0, 0.05) is 47.8 Å². The van der Waals surface area contributed by atoms with Crippen molar-refractivity contribution in [2.75, 3.05) is 46.7 Å². The number of nitrogens with one attached hydrogen (secondary N) is 3. The van der Waals surface area contributed by atoms with Crippen LogP contribution >= 0.6 is 0 Å². The maximum atomic E-state index is 14.7. The molecular formula is C56H87N7O17.